The summed E-state index contributed by atoms with van der Waals surface area (Å²) < 4.78 is 6.90. The second kappa shape index (κ2) is 5.62. The van der Waals surface area contributed by atoms with Crippen molar-refractivity contribution in [3.8, 4) is 11.8 Å². The van der Waals surface area contributed by atoms with Crippen molar-refractivity contribution in [2.75, 3.05) is 7.11 Å². The zero-order valence-corrected chi connectivity index (χ0v) is 11.8. The summed E-state index contributed by atoms with van der Waals surface area (Å²) >= 11 is 0. The first-order chi connectivity index (χ1) is 9.58. The van der Waals surface area contributed by atoms with E-state index in [1.165, 1.54) is 0 Å². The molecule has 0 atom stereocenters. The van der Waals surface area contributed by atoms with Gasteiger partial charge in [0.15, 0.2) is 0 Å². The molecule has 20 heavy (non-hydrogen) atoms. The molecule has 0 bridgehead atoms. The molecule has 1 aromatic carbocycles. The first-order valence-electron chi connectivity index (χ1n) is 6.31. The highest BCUT2D eigenvalue weighted by atomic mass is 16.5. The number of aryl methyl sites for hydroxylation is 2. The Morgan fingerprint density at radius 1 is 1.30 bits per heavy atom. The van der Waals surface area contributed by atoms with Gasteiger partial charge < -0.3 is 9.30 Å². The standard InChI is InChI=1S/C16H16N2O2/c1-11-8-12(2)18(16(19)14(11)9-17)10-13-6-4-5-7-15(13)20-3/h4-8H,10H2,1-3H3. The van der Waals surface area contributed by atoms with E-state index in [0.29, 0.717) is 12.1 Å². The molecule has 1 aromatic heterocycles. The largest absolute Gasteiger partial charge is 0.496 e. The molecule has 0 spiro atoms. The van der Waals surface area contributed by atoms with Crippen molar-refractivity contribution in [3.63, 3.8) is 0 Å². The molecule has 0 N–H and O–H groups in total. The molecule has 0 saturated heterocycles. The smallest absolute Gasteiger partial charge is 0.269 e. The van der Waals surface area contributed by atoms with Gasteiger partial charge in [0.25, 0.3) is 5.56 Å². The minimum absolute atomic E-state index is 0.200. The van der Waals surface area contributed by atoms with Crippen LogP contribution < -0.4 is 10.3 Å². The topological polar surface area (TPSA) is 55.0 Å². The first kappa shape index (κ1) is 13.9. The fourth-order valence-corrected chi connectivity index (χ4v) is 2.26. The van der Waals surface area contributed by atoms with E-state index in [4.69, 9.17) is 10.00 Å². The van der Waals surface area contributed by atoms with E-state index in [2.05, 4.69) is 0 Å². The predicted molar refractivity (Wildman–Crippen MR) is 77.0 cm³/mol. The van der Waals surface area contributed by atoms with Gasteiger partial charge in [-0.25, -0.2) is 0 Å². The van der Waals surface area contributed by atoms with Crippen molar-refractivity contribution in [2.24, 2.45) is 0 Å². The normalized spacial score (nSPS) is 10.1. The maximum Gasteiger partial charge on any atom is 0.269 e. The Balaban J connectivity index is 2.55. The quantitative estimate of drug-likeness (QED) is 0.859. The SMILES string of the molecule is COc1ccccc1Cn1c(C)cc(C)c(C#N)c1=O. The molecule has 102 valence electrons. The maximum atomic E-state index is 12.3. The van der Waals surface area contributed by atoms with Crippen LogP contribution in [-0.2, 0) is 6.54 Å². The van der Waals surface area contributed by atoms with Gasteiger partial charge in [-0.3, -0.25) is 4.79 Å². The van der Waals surface area contributed by atoms with Crippen molar-refractivity contribution >= 4 is 0 Å². The zero-order chi connectivity index (χ0) is 14.7. The molecule has 0 aliphatic rings. The van der Waals surface area contributed by atoms with Crippen LogP contribution in [-0.4, -0.2) is 11.7 Å². The summed E-state index contributed by atoms with van der Waals surface area (Å²) in [6, 6.07) is 11.4. The number of nitrogens with zero attached hydrogens (tertiary/aromatic N) is 2. The van der Waals surface area contributed by atoms with E-state index in [1.807, 2.05) is 43.3 Å². The number of nitriles is 1. The average molecular weight is 268 g/mol. The van der Waals surface area contributed by atoms with E-state index >= 15 is 0 Å². The van der Waals surface area contributed by atoms with Gasteiger partial charge in [0.05, 0.1) is 13.7 Å². The van der Waals surface area contributed by atoms with Crippen LogP contribution in [0.2, 0.25) is 0 Å². The molecule has 0 fully saturated rings. The molecule has 2 aromatic rings. The minimum atomic E-state index is -0.254. The summed E-state index contributed by atoms with van der Waals surface area (Å²) in [7, 11) is 1.60. The summed E-state index contributed by atoms with van der Waals surface area (Å²) in [4.78, 5) is 12.3. The number of benzene rings is 1. The minimum Gasteiger partial charge on any atom is -0.496 e. The van der Waals surface area contributed by atoms with E-state index < -0.39 is 0 Å². The van der Waals surface area contributed by atoms with Crippen molar-refractivity contribution in [1.82, 2.24) is 4.57 Å². The van der Waals surface area contributed by atoms with E-state index in [1.54, 1.807) is 18.6 Å². The summed E-state index contributed by atoms with van der Waals surface area (Å²) in [6.45, 7) is 4.04. The van der Waals surface area contributed by atoms with Gasteiger partial charge in [-0.1, -0.05) is 18.2 Å². The fraction of sp³-hybridized carbons (Fsp3) is 0.250. The fourth-order valence-electron chi connectivity index (χ4n) is 2.26. The Bertz CT molecular complexity index is 739. The van der Waals surface area contributed by atoms with Crippen LogP contribution in [0.5, 0.6) is 5.75 Å². The van der Waals surface area contributed by atoms with Gasteiger partial charge in [-0.05, 0) is 31.5 Å². The number of pyridine rings is 1. The molecule has 1 heterocycles. The average Bonchev–Trinajstić information content (AvgIpc) is 2.44. The van der Waals surface area contributed by atoms with Crippen LogP contribution in [0.1, 0.15) is 22.4 Å². The summed E-state index contributed by atoms with van der Waals surface area (Å²) in [5.41, 5.74) is 2.40. The van der Waals surface area contributed by atoms with Crippen molar-refractivity contribution in [1.29, 1.82) is 5.26 Å². The molecule has 0 amide bonds. The maximum absolute atomic E-state index is 12.3. The molecule has 4 heteroatoms. The lowest BCUT2D eigenvalue weighted by Gasteiger charge is -2.14. The van der Waals surface area contributed by atoms with Crippen molar-refractivity contribution in [2.45, 2.75) is 20.4 Å². The third kappa shape index (κ3) is 2.43. The lowest BCUT2D eigenvalue weighted by Crippen LogP contribution is -2.26. The molecule has 0 aliphatic carbocycles. The van der Waals surface area contributed by atoms with Gasteiger partial charge in [-0.2, -0.15) is 5.26 Å². The highest BCUT2D eigenvalue weighted by molar-refractivity contribution is 5.38. The highest BCUT2D eigenvalue weighted by Gasteiger charge is 2.11. The highest BCUT2D eigenvalue weighted by Crippen LogP contribution is 2.18. The molecular weight excluding hydrogens is 252 g/mol. The molecule has 0 radical (unpaired) electrons. The Kier molecular flexibility index (Phi) is 3.90. The third-order valence-electron chi connectivity index (χ3n) is 3.34. The van der Waals surface area contributed by atoms with Crippen molar-refractivity contribution in [3.05, 3.63) is 63.1 Å². The van der Waals surface area contributed by atoms with Crippen LogP contribution in [0, 0.1) is 25.2 Å². The third-order valence-corrected chi connectivity index (χ3v) is 3.34. The Morgan fingerprint density at radius 3 is 2.65 bits per heavy atom. The molecular formula is C16H16N2O2. The predicted octanol–water partition coefficient (Wildman–Crippen LogP) is 2.39. The van der Waals surface area contributed by atoms with Gasteiger partial charge >= 0.3 is 0 Å². The van der Waals surface area contributed by atoms with Crippen LogP contribution >= 0.6 is 0 Å². The van der Waals surface area contributed by atoms with Crippen LogP contribution in [0.15, 0.2) is 35.1 Å². The molecule has 0 unspecified atom stereocenters. The number of aromatic nitrogens is 1. The second-order valence-electron chi connectivity index (χ2n) is 4.66. The van der Waals surface area contributed by atoms with Gasteiger partial charge in [0.2, 0.25) is 0 Å². The van der Waals surface area contributed by atoms with Crippen LogP contribution in [0.3, 0.4) is 0 Å². The lowest BCUT2D eigenvalue weighted by molar-refractivity contribution is 0.408. The molecule has 4 nitrogen and oxygen atoms in total. The summed E-state index contributed by atoms with van der Waals surface area (Å²) in [6.07, 6.45) is 0. The lowest BCUT2D eigenvalue weighted by atomic mass is 10.1. The Morgan fingerprint density at radius 2 is 2.00 bits per heavy atom. The van der Waals surface area contributed by atoms with Gasteiger partial charge in [0, 0.05) is 11.3 Å². The summed E-state index contributed by atoms with van der Waals surface area (Å²) in [5.74, 6) is 0.734. The Hall–Kier alpha value is -2.54. The van der Waals surface area contributed by atoms with Crippen molar-refractivity contribution < 1.29 is 4.74 Å². The number of ether oxygens (including phenoxy) is 1. The van der Waals surface area contributed by atoms with Gasteiger partial charge in [0.1, 0.15) is 17.4 Å². The molecule has 2 rings (SSSR count). The molecule has 0 aliphatic heterocycles. The second-order valence-corrected chi connectivity index (χ2v) is 4.66. The summed E-state index contributed by atoms with van der Waals surface area (Å²) in [5, 5.41) is 9.09. The van der Waals surface area contributed by atoms with Crippen LogP contribution in [0.4, 0.5) is 0 Å². The Labute approximate surface area is 117 Å². The number of rotatable bonds is 3. The molecule has 0 saturated carbocycles. The number of para-hydroxylation sites is 1. The first-order valence-corrected chi connectivity index (χ1v) is 6.31. The van der Waals surface area contributed by atoms with Gasteiger partial charge in [-0.15, -0.1) is 0 Å². The van der Waals surface area contributed by atoms with E-state index in [-0.39, 0.29) is 11.1 Å². The monoisotopic (exact) mass is 268 g/mol. The number of methoxy groups -OCH3 is 1. The number of hydrogen-bond acceptors (Lipinski definition) is 3. The number of hydrogen-bond donors (Lipinski definition) is 0. The van der Waals surface area contributed by atoms with Crippen LogP contribution in [0.25, 0.3) is 0 Å². The zero-order valence-electron chi connectivity index (χ0n) is 11.8. The van der Waals surface area contributed by atoms with E-state index in [9.17, 15) is 4.79 Å². The van der Waals surface area contributed by atoms with E-state index in [0.717, 1.165) is 17.0 Å².